The van der Waals surface area contributed by atoms with Crippen LogP contribution in [0.4, 0.5) is 14.9 Å². The Balaban J connectivity index is 2.02. The number of nitrogens with zero attached hydrogens (tertiary/aromatic N) is 1. The van der Waals surface area contributed by atoms with Crippen LogP contribution in [0.15, 0.2) is 24.3 Å². The van der Waals surface area contributed by atoms with Crippen molar-refractivity contribution >= 4 is 17.6 Å². The number of benzene rings is 1. The number of anilines is 1. The third-order valence-corrected chi connectivity index (χ3v) is 4.22. The maximum Gasteiger partial charge on any atom is 0.329 e. The molecule has 0 bridgehead atoms. The largest absolute Gasteiger partial charge is 0.334 e. The van der Waals surface area contributed by atoms with E-state index in [0.717, 1.165) is 24.2 Å². The van der Waals surface area contributed by atoms with Crippen LogP contribution in [-0.2, 0) is 4.79 Å². The monoisotopic (exact) mass is 262 g/mol. The smallest absolute Gasteiger partial charge is 0.329 e. The van der Waals surface area contributed by atoms with Crippen LogP contribution >= 0.6 is 0 Å². The van der Waals surface area contributed by atoms with Gasteiger partial charge in [-0.3, -0.25) is 4.79 Å². The summed E-state index contributed by atoms with van der Waals surface area (Å²) in [7, 11) is 0. The van der Waals surface area contributed by atoms with Gasteiger partial charge in [-0.2, -0.15) is 0 Å². The van der Waals surface area contributed by atoms with E-state index >= 15 is 0 Å². The third kappa shape index (κ3) is 1.72. The molecule has 1 aromatic carbocycles. The van der Waals surface area contributed by atoms with Crippen molar-refractivity contribution < 1.29 is 14.0 Å². The Hall–Kier alpha value is -1.91. The Morgan fingerprint density at radius 1 is 1.42 bits per heavy atom. The molecule has 1 N–H and O–H groups in total. The Labute approximate surface area is 110 Å². The van der Waals surface area contributed by atoms with Gasteiger partial charge in [-0.25, -0.2) is 14.1 Å². The van der Waals surface area contributed by atoms with E-state index in [2.05, 4.69) is 5.32 Å². The molecular formula is C14H15FN2O2. The zero-order chi connectivity index (χ0) is 13.6. The number of fused-ring (bicyclic) bond motifs is 1. The van der Waals surface area contributed by atoms with Gasteiger partial charge >= 0.3 is 6.03 Å². The number of carbonyl (C=O) groups excluding carboxylic acids is 2. The number of hydrogen-bond donors (Lipinski definition) is 1. The van der Waals surface area contributed by atoms with E-state index < -0.39 is 17.3 Å². The molecule has 1 saturated heterocycles. The number of nitrogens with one attached hydrogen (secondary N) is 1. The Kier molecular flexibility index (Phi) is 2.59. The number of carbonyl (C=O) groups is 2. The summed E-state index contributed by atoms with van der Waals surface area (Å²) < 4.78 is 13.3. The Bertz CT molecular complexity index is 560. The van der Waals surface area contributed by atoms with Gasteiger partial charge < -0.3 is 5.32 Å². The molecule has 3 rings (SSSR count). The maximum atomic E-state index is 13.3. The highest BCUT2D eigenvalue weighted by Gasteiger charge is 2.53. The average molecular weight is 262 g/mol. The van der Waals surface area contributed by atoms with E-state index in [4.69, 9.17) is 0 Å². The van der Waals surface area contributed by atoms with E-state index in [0.29, 0.717) is 0 Å². The second kappa shape index (κ2) is 4.05. The summed E-state index contributed by atoms with van der Waals surface area (Å²) in [5.41, 5.74) is -0.283. The predicted molar refractivity (Wildman–Crippen MR) is 68.2 cm³/mol. The topological polar surface area (TPSA) is 49.4 Å². The standard InChI is InChI=1S/C14H15FN2O2/c1-14-7-3-6-11(14)16-13(19)17(12(14)18)10-5-2-4-9(15)8-10/h2,4-5,8,11H,3,6-7H2,1H3,(H,16,19). The minimum Gasteiger partial charge on any atom is -0.334 e. The minimum atomic E-state index is -0.569. The summed E-state index contributed by atoms with van der Waals surface area (Å²) in [6, 6.07) is 5.00. The van der Waals surface area contributed by atoms with Crippen LogP contribution in [0.25, 0.3) is 0 Å². The Morgan fingerprint density at radius 3 is 2.95 bits per heavy atom. The van der Waals surface area contributed by atoms with Crippen molar-refractivity contribution in [2.45, 2.75) is 32.2 Å². The first-order valence-electron chi connectivity index (χ1n) is 6.43. The molecule has 0 aromatic heterocycles. The highest BCUT2D eigenvalue weighted by molar-refractivity contribution is 6.18. The summed E-state index contributed by atoms with van der Waals surface area (Å²) in [5, 5.41) is 2.86. The lowest BCUT2D eigenvalue weighted by Crippen LogP contribution is -2.63. The quantitative estimate of drug-likeness (QED) is 0.845. The lowest BCUT2D eigenvalue weighted by Gasteiger charge is -2.40. The molecule has 2 fully saturated rings. The fourth-order valence-corrected chi connectivity index (χ4v) is 3.06. The lowest BCUT2D eigenvalue weighted by atomic mass is 9.81. The number of hydrogen-bond acceptors (Lipinski definition) is 2. The molecule has 4 nitrogen and oxygen atoms in total. The molecule has 100 valence electrons. The zero-order valence-corrected chi connectivity index (χ0v) is 10.6. The van der Waals surface area contributed by atoms with Crippen molar-refractivity contribution in [3.8, 4) is 0 Å². The molecule has 1 aromatic rings. The Morgan fingerprint density at radius 2 is 2.21 bits per heavy atom. The molecule has 19 heavy (non-hydrogen) atoms. The summed E-state index contributed by atoms with van der Waals surface area (Å²) in [5.74, 6) is -0.693. The molecule has 0 radical (unpaired) electrons. The van der Waals surface area contributed by atoms with Gasteiger partial charge in [-0.05, 0) is 38.0 Å². The van der Waals surface area contributed by atoms with Gasteiger partial charge in [0.1, 0.15) is 5.82 Å². The van der Waals surface area contributed by atoms with E-state index in [9.17, 15) is 14.0 Å². The lowest BCUT2D eigenvalue weighted by molar-refractivity contribution is -0.128. The van der Waals surface area contributed by atoms with Gasteiger partial charge in [0.15, 0.2) is 0 Å². The van der Waals surface area contributed by atoms with Crippen molar-refractivity contribution in [3.05, 3.63) is 30.1 Å². The van der Waals surface area contributed by atoms with Crippen molar-refractivity contribution in [1.82, 2.24) is 5.32 Å². The molecule has 2 unspecified atom stereocenters. The van der Waals surface area contributed by atoms with E-state index in [1.807, 2.05) is 6.92 Å². The average Bonchev–Trinajstić information content (AvgIpc) is 2.72. The number of amides is 3. The minimum absolute atomic E-state index is 0.0997. The van der Waals surface area contributed by atoms with E-state index in [1.165, 1.54) is 18.2 Å². The fraction of sp³-hybridized carbons (Fsp3) is 0.429. The second-order valence-electron chi connectivity index (χ2n) is 5.43. The fourth-order valence-electron chi connectivity index (χ4n) is 3.06. The molecule has 1 aliphatic carbocycles. The molecule has 1 aliphatic heterocycles. The highest BCUT2D eigenvalue weighted by atomic mass is 19.1. The number of halogens is 1. The van der Waals surface area contributed by atoms with Crippen LogP contribution in [0.3, 0.4) is 0 Å². The summed E-state index contributed by atoms with van der Waals surface area (Å²) in [6.45, 7) is 1.87. The van der Waals surface area contributed by atoms with Crippen LogP contribution in [0.5, 0.6) is 0 Å². The predicted octanol–water partition coefficient (Wildman–Crippen LogP) is 2.44. The maximum absolute atomic E-state index is 13.3. The number of urea groups is 1. The van der Waals surface area contributed by atoms with Gasteiger partial charge in [0.05, 0.1) is 11.1 Å². The van der Waals surface area contributed by atoms with Gasteiger partial charge in [0, 0.05) is 6.04 Å². The van der Waals surface area contributed by atoms with Crippen LogP contribution in [-0.4, -0.2) is 18.0 Å². The van der Waals surface area contributed by atoms with Gasteiger partial charge in [0.25, 0.3) is 0 Å². The summed E-state index contributed by atoms with van der Waals surface area (Å²) in [6.07, 6.45) is 2.50. The third-order valence-electron chi connectivity index (χ3n) is 4.22. The number of imide groups is 1. The van der Waals surface area contributed by atoms with Crippen molar-refractivity contribution in [3.63, 3.8) is 0 Å². The zero-order valence-electron chi connectivity index (χ0n) is 10.6. The van der Waals surface area contributed by atoms with Crippen LogP contribution in [0, 0.1) is 11.2 Å². The van der Waals surface area contributed by atoms with E-state index in [1.54, 1.807) is 6.07 Å². The molecular weight excluding hydrogens is 247 g/mol. The van der Waals surface area contributed by atoms with Crippen molar-refractivity contribution in [2.75, 3.05) is 4.90 Å². The SMILES string of the molecule is CC12CCCC1NC(=O)N(c1cccc(F)c1)C2=O. The summed E-state index contributed by atoms with van der Waals surface area (Å²) in [4.78, 5) is 25.7. The van der Waals surface area contributed by atoms with E-state index in [-0.39, 0.29) is 17.6 Å². The summed E-state index contributed by atoms with van der Waals surface area (Å²) >= 11 is 0. The molecule has 0 spiro atoms. The van der Waals surface area contributed by atoms with Crippen LogP contribution in [0.2, 0.25) is 0 Å². The molecule has 1 heterocycles. The number of rotatable bonds is 1. The first-order valence-corrected chi connectivity index (χ1v) is 6.43. The normalized spacial score (nSPS) is 30.2. The van der Waals surface area contributed by atoms with Gasteiger partial charge in [-0.15, -0.1) is 0 Å². The molecule has 1 saturated carbocycles. The highest BCUT2D eigenvalue weighted by Crippen LogP contribution is 2.42. The van der Waals surface area contributed by atoms with Gasteiger partial charge in [-0.1, -0.05) is 12.5 Å². The van der Waals surface area contributed by atoms with Crippen LogP contribution < -0.4 is 10.2 Å². The molecule has 2 aliphatic rings. The molecule has 3 amide bonds. The first kappa shape index (κ1) is 12.1. The molecule has 5 heteroatoms. The van der Waals surface area contributed by atoms with Crippen LogP contribution in [0.1, 0.15) is 26.2 Å². The van der Waals surface area contributed by atoms with Crippen molar-refractivity contribution in [2.24, 2.45) is 5.41 Å². The molecule has 2 atom stereocenters. The van der Waals surface area contributed by atoms with Gasteiger partial charge in [0.2, 0.25) is 5.91 Å². The second-order valence-corrected chi connectivity index (χ2v) is 5.43. The first-order chi connectivity index (χ1) is 9.02. The van der Waals surface area contributed by atoms with Crippen molar-refractivity contribution in [1.29, 1.82) is 0 Å².